The number of rotatable bonds is 9. The number of nitrogens with zero attached hydrogens (tertiary/aromatic N) is 4. The lowest BCUT2D eigenvalue weighted by atomic mass is 9.94. The number of ether oxygens (including phenoxy) is 2. The van der Waals surface area contributed by atoms with Gasteiger partial charge in [-0.2, -0.15) is 5.10 Å². The maximum absolute atomic E-state index is 5.47. The van der Waals surface area contributed by atoms with Crippen molar-refractivity contribution in [2.45, 2.75) is 38.1 Å². The lowest BCUT2D eigenvalue weighted by Gasteiger charge is -2.22. The lowest BCUT2D eigenvalue weighted by molar-refractivity contribution is -0.717. The number of halogens is 1. The monoisotopic (exact) mass is 593 g/mol. The highest BCUT2D eigenvalue weighted by molar-refractivity contribution is 6.10. The quantitative estimate of drug-likeness (QED) is 0.158. The molecule has 1 fully saturated rings. The number of hydrazone groups is 1. The molecule has 1 heterocycles. The third-order valence-corrected chi connectivity index (χ3v) is 7.79. The van der Waals surface area contributed by atoms with E-state index in [2.05, 4.69) is 70.7 Å². The minimum absolute atomic E-state index is 0. The number of benzene rings is 4. The zero-order valence-corrected chi connectivity index (χ0v) is 25.2. The summed E-state index contributed by atoms with van der Waals surface area (Å²) in [6.45, 7) is 0. The van der Waals surface area contributed by atoms with Gasteiger partial charge in [0, 0.05) is 5.56 Å². The average molecular weight is 594 g/mol. The van der Waals surface area contributed by atoms with Crippen molar-refractivity contribution < 1.29 is 26.4 Å². The molecule has 0 aliphatic heterocycles. The van der Waals surface area contributed by atoms with E-state index in [0.29, 0.717) is 6.04 Å². The third kappa shape index (κ3) is 6.57. The fraction of sp³-hybridized carbons (Fsp3) is 0.229. The van der Waals surface area contributed by atoms with Crippen LogP contribution in [0, 0.1) is 0 Å². The van der Waals surface area contributed by atoms with E-state index in [1.807, 2.05) is 53.2 Å². The number of hydrogen-bond acceptors (Lipinski definition) is 5. The summed E-state index contributed by atoms with van der Waals surface area (Å²) in [5.74, 6) is 3.46. The molecule has 8 heteroatoms. The molecule has 0 bridgehead atoms. The van der Waals surface area contributed by atoms with E-state index >= 15 is 0 Å². The third-order valence-electron chi connectivity index (χ3n) is 7.79. The highest BCUT2D eigenvalue weighted by Crippen LogP contribution is 2.29. The van der Waals surface area contributed by atoms with Crippen LogP contribution in [-0.2, 0) is 0 Å². The van der Waals surface area contributed by atoms with E-state index < -0.39 is 0 Å². The van der Waals surface area contributed by atoms with E-state index in [9.17, 15) is 0 Å². The Bertz CT molecular complexity index is 1630. The van der Waals surface area contributed by atoms with E-state index in [1.54, 1.807) is 14.2 Å². The molecule has 1 aliphatic rings. The number of hydrogen-bond donors (Lipinski definition) is 1. The topological polar surface area (TPSA) is 64.5 Å². The summed E-state index contributed by atoms with van der Waals surface area (Å²) in [7, 11) is 3.35. The molecule has 4 aromatic carbocycles. The summed E-state index contributed by atoms with van der Waals surface area (Å²) < 4.78 is 15.3. The second-order valence-corrected chi connectivity index (χ2v) is 10.5. The van der Waals surface area contributed by atoms with Gasteiger partial charge < -0.3 is 21.9 Å². The van der Waals surface area contributed by atoms with Crippen molar-refractivity contribution in [1.82, 2.24) is 9.78 Å². The largest absolute Gasteiger partial charge is 1.00 e. The summed E-state index contributed by atoms with van der Waals surface area (Å²) in [6.07, 6.45) is 5.85. The second-order valence-electron chi connectivity index (χ2n) is 10.5. The summed E-state index contributed by atoms with van der Waals surface area (Å²) in [6, 6.07) is 37.0. The predicted octanol–water partition coefficient (Wildman–Crippen LogP) is 4.22. The van der Waals surface area contributed by atoms with Crippen LogP contribution in [-0.4, -0.2) is 29.7 Å². The molecule has 1 saturated carbocycles. The van der Waals surface area contributed by atoms with Gasteiger partial charge in [0.2, 0.25) is 0 Å². The van der Waals surface area contributed by atoms with Gasteiger partial charge in [0.25, 0.3) is 5.82 Å². The highest BCUT2D eigenvalue weighted by atomic mass is 35.5. The van der Waals surface area contributed by atoms with Gasteiger partial charge in [0.15, 0.2) is 5.71 Å². The number of anilines is 1. The fourth-order valence-electron chi connectivity index (χ4n) is 5.61. The lowest BCUT2D eigenvalue weighted by Crippen LogP contribution is -3.00. The van der Waals surface area contributed by atoms with Crippen LogP contribution in [0.5, 0.6) is 11.5 Å². The van der Waals surface area contributed by atoms with Gasteiger partial charge in [-0.25, -0.2) is 4.57 Å². The van der Waals surface area contributed by atoms with Gasteiger partial charge >= 0.3 is 5.82 Å². The summed E-state index contributed by atoms with van der Waals surface area (Å²) in [5, 5.41) is 10.4. The maximum Gasteiger partial charge on any atom is 0.310 e. The molecule has 220 valence electrons. The molecule has 43 heavy (non-hydrogen) atoms. The summed E-state index contributed by atoms with van der Waals surface area (Å²) >= 11 is 0. The standard InChI is InChI=1S/C35H35N5O2.ClH/c1-41-31-22-18-28(19-23-31)36-37-33(26-12-6-3-7-13-26)35-39(29-16-10-5-11-17-29)34(27-14-8-4-9-15-27)38-40(35)30-20-24-32(42-2)25-21-30;/h3-4,6-9,12-15,18-25,29H,5,10-11,16-17H2,1-2H3;1H. The first-order valence-corrected chi connectivity index (χ1v) is 14.5. The van der Waals surface area contributed by atoms with E-state index in [1.165, 1.54) is 19.3 Å². The van der Waals surface area contributed by atoms with Crippen LogP contribution in [0.15, 0.2) is 114 Å². The van der Waals surface area contributed by atoms with Crippen molar-refractivity contribution in [3.05, 3.63) is 121 Å². The molecule has 1 N–H and O–H groups in total. The van der Waals surface area contributed by atoms with Crippen LogP contribution in [0.25, 0.3) is 17.1 Å². The van der Waals surface area contributed by atoms with Crippen LogP contribution < -0.4 is 31.9 Å². The molecule has 1 aromatic heterocycles. The molecule has 5 aromatic rings. The van der Waals surface area contributed by atoms with Crippen molar-refractivity contribution in [3.63, 3.8) is 0 Å². The van der Waals surface area contributed by atoms with Gasteiger partial charge in [0.05, 0.1) is 36.6 Å². The number of aromatic nitrogens is 3. The molecule has 0 radical (unpaired) electrons. The Hall–Kier alpha value is -4.62. The minimum Gasteiger partial charge on any atom is -1.00 e. The van der Waals surface area contributed by atoms with Crippen LogP contribution in [0.1, 0.15) is 49.5 Å². The van der Waals surface area contributed by atoms with Crippen molar-refractivity contribution in [3.8, 4) is 28.6 Å². The molecule has 7 nitrogen and oxygen atoms in total. The first-order chi connectivity index (χ1) is 20.7. The van der Waals surface area contributed by atoms with Crippen LogP contribution in [0.3, 0.4) is 0 Å². The van der Waals surface area contributed by atoms with Crippen molar-refractivity contribution in [2.75, 3.05) is 19.6 Å². The van der Waals surface area contributed by atoms with Crippen LogP contribution >= 0.6 is 0 Å². The van der Waals surface area contributed by atoms with Crippen LogP contribution in [0.2, 0.25) is 0 Å². The minimum atomic E-state index is 0. The Labute approximate surface area is 259 Å². The molecule has 1 aliphatic carbocycles. The van der Waals surface area contributed by atoms with E-state index in [0.717, 1.165) is 64.2 Å². The Morgan fingerprint density at radius 3 is 1.95 bits per heavy atom. The maximum atomic E-state index is 5.47. The van der Waals surface area contributed by atoms with E-state index in [4.69, 9.17) is 19.7 Å². The Kier molecular flexibility index (Phi) is 9.74. The SMILES string of the molecule is COc1ccc(N/N=C(\c2ccccc2)c2n(-c3ccc(OC)cc3)nc(-c3ccccc3)[n+]2C2CCCCC2)cc1.[Cl-]. The second kappa shape index (κ2) is 14.0. The van der Waals surface area contributed by atoms with Crippen molar-refractivity contribution in [1.29, 1.82) is 0 Å². The smallest absolute Gasteiger partial charge is 0.310 e. The number of methoxy groups -OCH3 is 2. The molecule has 0 atom stereocenters. The van der Waals surface area contributed by atoms with Gasteiger partial charge in [-0.15, -0.1) is 0 Å². The van der Waals surface area contributed by atoms with Crippen molar-refractivity contribution >= 4 is 11.4 Å². The van der Waals surface area contributed by atoms with Gasteiger partial charge in [-0.1, -0.05) is 59.6 Å². The molecule has 0 amide bonds. The zero-order valence-electron chi connectivity index (χ0n) is 24.5. The first kappa shape index (κ1) is 29.9. The molecular weight excluding hydrogens is 558 g/mol. The molecule has 0 unspecified atom stereocenters. The molecular formula is C35H36ClN5O2. The fourth-order valence-corrected chi connectivity index (χ4v) is 5.61. The predicted molar refractivity (Wildman–Crippen MR) is 167 cm³/mol. The first-order valence-electron chi connectivity index (χ1n) is 14.5. The van der Waals surface area contributed by atoms with Gasteiger partial charge in [-0.3, -0.25) is 5.43 Å². The highest BCUT2D eigenvalue weighted by Gasteiger charge is 2.37. The molecule has 0 spiro atoms. The summed E-state index contributed by atoms with van der Waals surface area (Å²) in [5.41, 5.74) is 8.01. The van der Waals surface area contributed by atoms with Crippen molar-refractivity contribution in [2.24, 2.45) is 5.10 Å². The van der Waals surface area contributed by atoms with Crippen LogP contribution in [0.4, 0.5) is 5.69 Å². The zero-order chi connectivity index (χ0) is 28.7. The normalized spacial score (nSPS) is 13.7. The Morgan fingerprint density at radius 1 is 0.767 bits per heavy atom. The molecule has 6 rings (SSSR count). The van der Waals surface area contributed by atoms with E-state index in [-0.39, 0.29) is 12.4 Å². The Balaban J connectivity index is 0.00000368. The Morgan fingerprint density at radius 2 is 1.35 bits per heavy atom. The van der Waals surface area contributed by atoms with Gasteiger partial charge in [-0.05, 0) is 86.3 Å². The van der Waals surface area contributed by atoms with Gasteiger partial charge in [0.1, 0.15) is 17.2 Å². The molecule has 0 saturated heterocycles. The average Bonchev–Trinajstić information content (AvgIpc) is 3.47. The summed E-state index contributed by atoms with van der Waals surface area (Å²) in [4.78, 5) is 0. The number of nitrogens with one attached hydrogen (secondary N) is 1.